The minimum Gasteiger partial charge on any atom is -0.399 e. The first-order valence-electron chi connectivity index (χ1n) is 6.44. The van der Waals surface area contributed by atoms with E-state index < -0.39 is 18.3 Å². The van der Waals surface area contributed by atoms with E-state index in [2.05, 4.69) is 21.3 Å². The van der Waals surface area contributed by atoms with Gasteiger partial charge in [-0.05, 0) is 33.8 Å². The molecule has 0 atom stereocenters. The minimum atomic E-state index is -0.543. The molecule has 1 aliphatic rings. The fourth-order valence-electron chi connectivity index (χ4n) is 2.17. The molecule has 0 unspecified atom stereocenters. The van der Waals surface area contributed by atoms with Crippen molar-refractivity contribution in [2.45, 2.75) is 38.9 Å². The number of aromatic amines is 1. The third kappa shape index (κ3) is 1.80. The molecule has 2 aromatic rings. The molecule has 0 bridgehead atoms. The van der Waals surface area contributed by atoms with Gasteiger partial charge in [0.15, 0.2) is 0 Å². The summed E-state index contributed by atoms with van der Waals surface area (Å²) >= 11 is 0. The van der Waals surface area contributed by atoms with Crippen LogP contribution in [0.15, 0.2) is 12.3 Å². The Kier molecular flexibility index (Phi) is 2.65. The van der Waals surface area contributed by atoms with E-state index in [9.17, 15) is 0 Å². The first-order valence-corrected chi connectivity index (χ1v) is 6.44. The van der Waals surface area contributed by atoms with E-state index in [-0.39, 0.29) is 0 Å². The summed E-state index contributed by atoms with van der Waals surface area (Å²) in [6.45, 7) is 7.96. The number of H-pyrrole nitrogens is 1. The summed E-state index contributed by atoms with van der Waals surface area (Å²) in [4.78, 5) is 4.19. The van der Waals surface area contributed by atoms with E-state index in [0.29, 0.717) is 11.2 Å². The Balaban J connectivity index is 2.12. The molecular weight excluding hydrogens is 255 g/mol. The number of pyridine rings is 1. The predicted molar refractivity (Wildman–Crippen MR) is 74.3 cm³/mol. The second kappa shape index (κ2) is 4.04. The van der Waals surface area contributed by atoms with Gasteiger partial charge >= 0.3 is 7.12 Å². The highest BCUT2D eigenvalue weighted by Crippen LogP contribution is 2.36. The van der Waals surface area contributed by atoms with Crippen molar-refractivity contribution in [3.63, 3.8) is 0 Å². The highest BCUT2D eigenvalue weighted by molar-refractivity contribution is 6.64. The molecule has 1 fully saturated rings. The van der Waals surface area contributed by atoms with E-state index >= 15 is 0 Å². The predicted octanol–water partition coefficient (Wildman–Crippen LogP) is 1.13. The summed E-state index contributed by atoms with van der Waals surface area (Å²) < 4.78 is 12.0. The average molecular weight is 270 g/mol. The lowest BCUT2D eigenvalue weighted by atomic mass is 9.78. The van der Waals surface area contributed by atoms with Crippen molar-refractivity contribution in [2.24, 2.45) is 0 Å². The van der Waals surface area contributed by atoms with Crippen molar-refractivity contribution in [3.05, 3.63) is 18.0 Å². The third-order valence-corrected chi connectivity index (χ3v) is 4.06. The van der Waals surface area contributed by atoms with Gasteiger partial charge in [0.1, 0.15) is 17.3 Å². The van der Waals surface area contributed by atoms with Crippen molar-refractivity contribution in [3.8, 4) is 6.07 Å². The van der Waals surface area contributed by atoms with Crippen LogP contribution in [0.25, 0.3) is 11.0 Å². The number of fused-ring (bicyclic) bond motifs is 1. The van der Waals surface area contributed by atoms with E-state index in [4.69, 9.17) is 14.6 Å². The van der Waals surface area contributed by atoms with Crippen LogP contribution >= 0.6 is 0 Å². The van der Waals surface area contributed by atoms with E-state index in [0.717, 1.165) is 11.0 Å². The van der Waals surface area contributed by atoms with E-state index in [1.165, 1.54) is 0 Å². The average Bonchev–Trinajstić information content (AvgIpc) is 2.90. The maximum atomic E-state index is 9.08. The lowest BCUT2D eigenvalue weighted by molar-refractivity contribution is 0.00578. The number of nitrogens with zero attached hydrogens (tertiary/aromatic N) is 3. The maximum absolute atomic E-state index is 9.08. The van der Waals surface area contributed by atoms with Gasteiger partial charge in [0.2, 0.25) is 0 Å². The summed E-state index contributed by atoms with van der Waals surface area (Å²) in [6.07, 6.45) is 1.59. The highest BCUT2D eigenvalue weighted by Gasteiger charge is 2.52. The zero-order valence-corrected chi connectivity index (χ0v) is 11.9. The van der Waals surface area contributed by atoms with Gasteiger partial charge in [-0.25, -0.2) is 4.98 Å². The van der Waals surface area contributed by atoms with Crippen LogP contribution in [0.4, 0.5) is 0 Å². The zero-order chi connectivity index (χ0) is 14.5. The first kappa shape index (κ1) is 13.1. The van der Waals surface area contributed by atoms with Gasteiger partial charge in [0, 0.05) is 5.46 Å². The van der Waals surface area contributed by atoms with Gasteiger partial charge in [-0.15, -0.1) is 0 Å². The standard InChI is InChI=1S/C13H15BN4O2/c1-12(2)13(3,4)20-14(19-12)9-5-8(6-15)17-10-7-16-18-11(9)10/h5,7H,1-4H3,(H,16,18). The molecule has 0 aliphatic carbocycles. The second-order valence-electron chi connectivity index (χ2n) is 5.93. The lowest BCUT2D eigenvalue weighted by Gasteiger charge is -2.32. The van der Waals surface area contributed by atoms with Gasteiger partial charge in [-0.2, -0.15) is 10.4 Å². The Morgan fingerprint density at radius 1 is 1.25 bits per heavy atom. The maximum Gasteiger partial charge on any atom is 0.497 e. The summed E-state index contributed by atoms with van der Waals surface area (Å²) in [5.74, 6) is 0. The molecule has 6 nitrogen and oxygen atoms in total. The Morgan fingerprint density at radius 3 is 2.50 bits per heavy atom. The normalized spacial score (nSPS) is 20.2. The minimum absolute atomic E-state index is 0.323. The summed E-state index contributed by atoms with van der Waals surface area (Å²) in [6, 6.07) is 3.73. The van der Waals surface area contributed by atoms with Crippen LogP contribution in [0.2, 0.25) is 0 Å². The fourth-order valence-corrected chi connectivity index (χ4v) is 2.17. The Bertz CT molecular complexity index is 701. The molecule has 3 rings (SSSR count). The molecule has 3 heterocycles. The van der Waals surface area contributed by atoms with Crippen LogP contribution in [0, 0.1) is 11.3 Å². The van der Waals surface area contributed by atoms with Crippen molar-refractivity contribution >= 4 is 23.6 Å². The van der Waals surface area contributed by atoms with Crippen LogP contribution < -0.4 is 5.46 Å². The van der Waals surface area contributed by atoms with E-state index in [1.807, 2.05) is 27.7 Å². The van der Waals surface area contributed by atoms with Gasteiger partial charge in [-0.1, -0.05) is 0 Å². The number of hydrogen-bond acceptors (Lipinski definition) is 5. The molecule has 102 valence electrons. The SMILES string of the molecule is CC1(C)OB(c2cc(C#N)nc3cn[nH]c23)OC1(C)C. The van der Waals surface area contributed by atoms with Crippen LogP contribution in [0.1, 0.15) is 33.4 Å². The molecule has 1 saturated heterocycles. The largest absolute Gasteiger partial charge is 0.497 e. The first-order chi connectivity index (χ1) is 9.34. The fraction of sp³-hybridized carbons (Fsp3) is 0.462. The van der Waals surface area contributed by atoms with Gasteiger partial charge in [-0.3, -0.25) is 5.10 Å². The molecule has 7 heteroatoms. The molecule has 0 spiro atoms. The van der Waals surface area contributed by atoms with Crippen molar-refractivity contribution in [1.29, 1.82) is 5.26 Å². The van der Waals surface area contributed by atoms with Crippen molar-refractivity contribution in [1.82, 2.24) is 15.2 Å². The molecule has 0 aromatic carbocycles. The van der Waals surface area contributed by atoms with Crippen LogP contribution in [-0.4, -0.2) is 33.5 Å². The Morgan fingerprint density at radius 2 is 1.90 bits per heavy atom. The quantitative estimate of drug-likeness (QED) is 0.785. The van der Waals surface area contributed by atoms with Gasteiger partial charge in [0.05, 0.1) is 22.9 Å². The molecule has 2 aromatic heterocycles. The second-order valence-corrected chi connectivity index (χ2v) is 5.93. The summed E-state index contributed by atoms with van der Waals surface area (Å²) in [5.41, 5.74) is 1.59. The van der Waals surface area contributed by atoms with E-state index in [1.54, 1.807) is 12.3 Å². The van der Waals surface area contributed by atoms with Gasteiger partial charge in [0.25, 0.3) is 0 Å². The molecule has 0 saturated carbocycles. The topological polar surface area (TPSA) is 83.8 Å². The molecule has 0 amide bonds. The summed E-state index contributed by atoms with van der Waals surface area (Å²) in [5, 5.41) is 15.9. The van der Waals surface area contributed by atoms with Crippen molar-refractivity contribution in [2.75, 3.05) is 0 Å². The van der Waals surface area contributed by atoms with Crippen molar-refractivity contribution < 1.29 is 9.31 Å². The lowest BCUT2D eigenvalue weighted by Crippen LogP contribution is -2.41. The number of nitriles is 1. The molecule has 1 N–H and O–H groups in total. The number of nitrogens with one attached hydrogen (secondary N) is 1. The monoisotopic (exact) mass is 270 g/mol. The highest BCUT2D eigenvalue weighted by atomic mass is 16.7. The zero-order valence-electron chi connectivity index (χ0n) is 11.9. The molecular formula is C13H15BN4O2. The smallest absolute Gasteiger partial charge is 0.399 e. The van der Waals surface area contributed by atoms with Crippen LogP contribution in [0.3, 0.4) is 0 Å². The number of hydrogen-bond donors (Lipinski definition) is 1. The third-order valence-electron chi connectivity index (χ3n) is 4.06. The Labute approximate surface area is 117 Å². The molecule has 0 radical (unpaired) electrons. The molecule has 1 aliphatic heterocycles. The number of rotatable bonds is 1. The summed E-state index contributed by atoms with van der Waals surface area (Å²) in [7, 11) is -0.543. The van der Waals surface area contributed by atoms with Crippen LogP contribution in [-0.2, 0) is 9.31 Å². The van der Waals surface area contributed by atoms with Crippen LogP contribution in [0.5, 0.6) is 0 Å². The van der Waals surface area contributed by atoms with Gasteiger partial charge < -0.3 is 9.31 Å². The Hall–Kier alpha value is -1.91. The number of aromatic nitrogens is 3. The molecule has 20 heavy (non-hydrogen) atoms.